The summed E-state index contributed by atoms with van der Waals surface area (Å²) in [7, 11) is 0. The Hall–Kier alpha value is -1.32. The van der Waals surface area contributed by atoms with Gasteiger partial charge in [0.15, 0.2) is 0 Å². The zero-order valence-electron chi connectivity index (χ0n) is 11.1. The van der Waals surface area contributed by atoms with Crippen LogP contribution in [-0.4, -0.2) is 9.55 Å². The standard InChI is InChI=1S/C16H14BrClN2/c1-11(12-6-8-13(17)9-7-12)20-15-5-3-2-4-14(15)19-16(20)10-18/h2-9,11H,10H2,1H3. The minimum atomic E-state index is 0.198. The largest absolute Gasteiger partial charge is 0.320 e. The fraction of sp³-hybridized carbons (Fsp3) is 0.188. The van der Waals surface area contributed by atoms with Gasteiger partial charge in [-0.25, -0.2) is 4.98 Å². The molecule has 4 heteroatoms. The molecule has 0 bridgehead atoms. The van der Waals surface area contributed by atoms with Crippen LogP contribution in [-0.2, 0) is 5.88 Å². The fourth-order valence-electron chi connectivity index (χ4n) is 2.51. The predicted molar refractivity (Wildman–Crippen MR) is 87.2 cm³/mol. The lowest BCUT2D eigenvalue weighted by Gasteiger charge is -2.17. The molecule has 1 heterocycles. The van der Waals surface area contributed by atoms with E-state index in [0.717, 1.165) is 21.3 Å². The summed E-state index contributed by atoms with van der Waals surface area (Å²) in [5.41, 5.74) is 3.36. The number of rotatable bonds is 3. The van der Waals surface area contributed by atoms with Crippen LogP contribution in [0.25, 0.3) is 11.0 Å². The topological polar surface area (TPSA) is 17.8 Å². The number of alkyl halides is 1. The van der Waals surface area contributed by atoms with Gasteiger partial charge in [-0.3, -0.25) is 0 Å². The minimum absolute atomic E-state index is 0.198. The molecule has 1 aromatic heterocycles. The van der Waals surface area contributed by atoms with Crippen LogP contribution in [0.4, 0.5) is 0 Å². The van der Waals surface area contributed by atoms with Gasteiger partial charge in [-0.2, -0.15) is 0 Å². The van der Waals surface area contributed by atoms with Crippen LogP contribution in [0, 0.1) is 0 Å². The molecule has 0 N–H and O–H groups in total. The number of fused-ring (bicyclic) bond motifs is 1. The molecule has 0 aliphatic carbocycles. The zero-order valence-corrected chi connectivity index (χ0v) is 13.4. The highest BCUT2D eigenvalue weighted by Crippen LogP contribution is 2.27. The Labute approximate surface area is 131 Å². The number of benzene rings is 2. The SMILES string of the molecule is CC(c1ccc(Br)cc1)n1c(CCl)nc2ccccc21. The van der Waals surface area contributed by atoms with E-state index in [-0.39, 0.29) is 6.04 Å². The van der Waals surface area contributed by atoms with E-state index < -0.39 is 0 Å². The van der Waals surface area contributed by atoms with Gasteiger partial charge >= 0.3 is 0 Å². The van der Waals surface area contributed by atoms with E-state index >= 15 is 0 Å². The molecule has 3 aromatic rings. The van der Waals surface area contributed by atoms with Crippen LogP contribution in [0.3, 0.4) is 0 Å². The molecule has 2 aromatic carbocycles. The molecule has 0 aliphatic rings. The molecule has 0 radical (unpaired) electrons. The van der Waals surface area contributed by atoms with Crippen molar-refractivity contribution in [3.05, 3.63) is 64.4 Å². The second-order valence-corrected chi connectivity index (χ2v) is 5.93. The summed E-state index contributed by atoms with van der Waals surface area (Å²) < 4.78 is 3.30. The zero-order chi connectivity index (χ0) is 14.1. The first kappa shape index (κ1) is 13.7. The van der Waals surface area contributed by atoms with E-state index in [1.54, 1.807) is 0 Å². The van der Waals surface area contributed by atoms with Gasteiger partial charge in [-0.1, -0.05) is 40.2 Å². The quantitative estimate of drug-likeness (QED) is 0.598. The summed E-state index contributed by atoms with van der Waals surface area (Å²) in [4.78, 5) is 4.62. The van der Waals surface area contributed by atoms with E-state index in [1.165, 1.54) is 5.56 Å². The van der Waals surface area contributed by atoms with Crippen LogP contribution in [0.1, 0.15) is 24.4 Å². The van der Waals surface area contributed by atoms with Gasteiger partial charge in [-0.15, -0.1) is 11.6 Å². The van der Waals surface area contributed by atoms with Gasteiger partial charge in [0.1, 0.15) is 5.82 Å². The average Bonchev–Trinajstić information content (AvgIpc) is 2.85. The molecule has 102 valence electrons. The minimum Gasteiger partial charge on any atom is -0.320 e. The molecule has 0 amide bonds. The number of nitrogens with zero attached hydrogens (tertiary/aromatic N) is 2. The van der Waals surface area contributed by atoms with Crippen molar-refractivity contribution in [2.45, 2.75) is 18.8 Å². The Morgan fingerprint density at radius 1 is 1.15 bits per heavy atom. The van der Waals surface area contributed by atoms with Crippen LogP contribution >= 0.6 is 27.5 Å². The highest BCUT2D eigenvalue weighted by molar-refractivity contribution is 9.10. The molecule has 0 spiro atoms. The molecule has 2 nitrogen and oxygen atoms in total. The third kappa shape index (κ3) is 2.36. The highest BCUT2D eigenvalue weighted by atomic mass is 79.9. The first-order chi connectivity index (χ1) is 9.70. The Bertz CT molecular complexity index is 734. The van der Waals surface area contributed by atoms with Crippen molar-refractivity contribution in [2.24, 2.45) is 0 Å². The Kier molecular flexibility index (Phi) is 3.81. The summed E-state index contributed by atoms with van der Waals surface area (Å²) in [5.74, 6) is 1.32. The predicted octanol–water partition coefficient (Wildman–Crippen LogP) is 5.15. The van der Waals surface area contributed by atoms with Crippen molar-refractivity contribution in [1.82, 2.24) is 9.55 Å². The summed E-state index contributed by atoms with van der Waals surface area (Å²) in [5, 5.41) is 0. The molecule has 0 aliphatic heterocycles. The monoisotopic (exact) mass is 348 g/mol. The summed E-state index contributed by atoms with van der Waals surface area (Å²) in [6.07, 6.45) is 0. The van der Waals surface area contributed by atoms with E-state index in [9.17, 15) is 0 Å². The van der Waals surface area contributed by atoms with E-state index in [2.05, 4.69) is 62.7 Å². The molecule has 1 atom stereocenters. The van der Waals surface area contributed by atoms with Crippen LogP contribution in [0.15, 0.2) is 53.0 Å². The Morgan fingerprint density at radius 2 is 1.85 bits per heavy atom. The van der Waals surface area contributed by atoms with Gasteiger partial charge in [-0.05, 0) is 36.8 Å². The summed E-state index contributed by atoms with van der Waals surface area (Å²) in [6, 6.07) is 16.7. The molecule has 0 saturated heterocycles. The van der Waals surface area contributed by atoms with Crippen LogP contribution < -0.4 is 0 Å². The maximum atomic E-state index is 6.07. The molecule has 0 fully saturated rings. The number of hydrogen-bond acceptors (Lipinski definition) is 1. The van der Waals surface area contributed by atoms with E-state index in [1.807, 2.05) is 18.2 Å². The summed E-state index contributed by atoms with van der Waals surface area (Å²) in [6.45, 7) is 2.17. The summed E-state index contributed by atoms with van der Waals surface area (Å²) >= 11 is 9.54. The lowest BCUT2D eigenvalue weighted by Crippen LogP contribution is -2.09. The number of halogens is 2. The number of hydrogen-bond donors (Lipinski definition) is 0. The molecule has 0 saturated carbocycles. The second kappa shape index (κ2) is 5.58. The highest BCUT2D eigenvalue weighted by Gasteiger charge is 2.16. The maximum Gasteiger partial charge on any atom is 0.125 e. The molecule has 3 rings (SSSR count). The van der Waals surface area contributed by atoms with Gasteiger partial charge < -0.3 is 4.57 Å². The first-order valence-electron chi connectivity index (χ1n) is 6.48. The normalized spacial score (nSPS) is 12.8. The molecular formula is C16H14BrClN2. The number of imidazole rings is 1. The third-order valence-corrected chi connectivity index (χ3v) is 4.30. The smallest absolute Gasteiger partial charge is 0.125 e. The number of aromatic nitrogens is 2. The second-order valence-electron chi connectivity index (χ2n) is 4.75. The van der Waals surface area contributed by atoms with Crippen LogP contribution in [0.2, 0.25) is 0 Å². The van der Waals surface area contributed by atoms with E-state index in [0.29, 0.717) is 5.88 Å². The van der Waals surface area contributed by atoms with Crippen molar-refractivity contribution in [1.29, 1.82) is 0 Å². The Morgan fingerprint density at radius 3 is 2.55 bits per heavy atom. The van der Waals surface area contributed by atoms with Gasteiger partial charge in [0.2, 0.25) is 0 Å². The first-order valence-corrected chi connectivity index (χ1v) is 7.80. The van der Waals surface area contributed by atoms with Crippen molar-refractivity contribution >= 4 is 38.6 Å². The van der Waals surface area contributed by atoms with Crippen molar-refractivity contribution in [2.75, 3.05) is 0 Å². The van der Waals surface area contributed by atoms with Crippen molar-refractivity contribution in [3.63, 3.8) is 0 Å². The molecular weight excluding hydrogens is 336 g/mol. The van der Waals surface area contributed by atoms with Gasteiger partial charge in [0.05, 0.1) is 23.0 Å². The van der Waals surface area contributed by atoms with Gasteiger partial charge in [0.25, 0.3) is 0 Å². The molecule has 1 unspecified atom stereocenters. The fourth-order valence-corrected chi connectivity index (χ4v) is 2.96. The van der Waals surface area contributed by atoms with Crippen molar-refractivity contribution in [3.8, 4) is 0 Å². The van der Waals surface area contributed by atoms with Crippen LogP contribution in [0.5, 0.6) is 0 Å². The third-order valence-electron chi connectivity index (χ3n) is 3.53. The Balaban J connectivity index is 2.15. The maximum absolute atomic E-state index is 6.07. The molecule has 20 heavy (non-hydrogen) atoms. The average molecular weight is 350 g/mol. The van der Waals surface area contributed by atoms with E-state index in [4.69, 9.17) is 11.6 Å². The lowest BCUT2D eigenvalue weighted by atomic mass is 10.1. The van der Waals surface area contributed by atoms with Crippen molar-refractivity contribution < 1.29 is 0 Å². The number of para-hydroxylation sites is 2. The lowest BCUT2D eigenvalue weighted by molar-refractivity contribution is 0.634. The van der Waals surface area contributed by atoms with Gasteiger partial charge in [0, 0.05) is 4.47 Å².